The van der Waals surface area contributed by atoms with Gasteiger partial charge in [0.15, 0.2) is 0 Å². The number of carboxylic acid groups (broad SMARTS) is 1. The first-order valence-corrected chi connectivity index (χ1v) is 13.7. The van der Waals surface area contributed by atoms with E-state index in [1.807, 2.05) is 13.8 Å². The van der Waals surface area contributed by atoms with Gasteiger partial charge in [-0.15, -0.1) is 0 Å². The third-order valence-corrected chi connectivity index (χ3v) is 6.73. The molecule has 5 heteroatoms. The first-order valence-electron chi connectivity index (χ1n) is 13.7. The fourth-order valence-electron chi connectivity index (χ4n) is 5.03. The van der Waals surface area contributed by atoms with Crippen LogP contribution in [0.5, 0.6) is 0 Å². The van der Waals surface area contributed by atoms with E-state index < -0.39 is 5.97 Å². The smallest absolute Gasteiger partial charge is 0.305 e. The number of amides is 1. The fraction of sp³-hybridized carbons (Fsp3) is 0.926. The Kier molecular flexibility index (Phi) is 16.6. The summed E-state index contributed by atoms with van der Waals surface area (Å²) in [6, 6.07) is 1.51. The number of carboxylic acids is 1. The standard InChI is InChI=1S/C15H29NO3.C12H23N/c1-4-5-6-7-8-9-14(17)16-13(10-12(2)3)11-15(18)19;1-3-7-11(8-4-1)13-12-9-5-2-6-10-12/h12-13H,4-11H2,1-3H3,(H,16,17)(H,18,19);11-13H,1-10H2. The number of carbonyl (C=O) groups excluding carboxylic acids is 1. The molecule has 2 aliphatic carbocycles. The van der Waals surface area contributed by atoms with E-state index >= 15 is 0 Å². The molecule has 5 nitrogen and oxygen atoms in total. The Balaban J connectivity index is 0.000000339. The number of carbonyl (C=O) groups is 2. The molecule has 3 N–H and O–H groups in total. The highest BCUT2D eigenvalue weighted by Gasteiger charge is 2.19. The second-order valence-electron chi connectivity index (χ2n) is 10.5. The fourth-order valence-corrected chi connectivity index (χ4v) is 5.03. The van der Waals surface area contributed by atoms with Gasteiger partial charge in [-0.2, -0.15) is 0 Å². The monoisotopic (exact) mass is 452 g/mol. The van der Waals surface area contributed by atoms with Crippen LogP contribution < -0.4 is 10.6 Å². The van der Waals surface area contributed by atoms with Crippen molar-refractivity contribution < 1.29 is 14.7 Å². The number of nitrogens with one attached hydrogen (secondary N) is 2. The van der Waals surface area contributed by atoms with Gasteiger partial charge in [-0.25, -0.2) is 0 Å². The molecule has 188 valence electrons. The number of rotatable bonds is 13. The van der Waals surface area contributed by atoms with Gasteiger partial charge >= 0.3 is 5.97 Å². The van der Waals surface area contributed by atoms with Gasteiger partial charge in [0.25, 0.3) is 0 Å². The van der Waals surface area contributed by atoms with E-state index in [9.17, 15) is 9.59 Å². The molecule has 32 heavy (non-hydrogen) atoms. The molecule has 1 atom stereocenters. The molecule has 0 aromatic carbocycles. The molecule has 2 rings (SSSR count). The van der Waals surface area contributed by atoms with Crippen LogP contribution in [-0.2, 0) is 9.59 Å². The third kappa shape index (κ3) is 15.7. The molecule has 0 spiro atoms. The first-order chi connectivity index (χ1) is 15.4. The van der Waals surface area contributed by atoms with E-state index in [0.717, 1.165) is 24.9 Å². The van der Waals surface area contributed by atoms with Gasteiger partial charge in [0.1, 0.15) is 0 Å². The highest BCUT2D eigenvalue weighted by atomic mass is 16.4. The van der Waals surface area contributed by atoms with Crippen LogP contribution in [0.4, 0.5) is 0 Å². The molecule has 0 aromatic rings. The normalized spacial score (nSPS) is 18.6. The molecule has 0 radical (unpaired) electrons. The zero-order valence-electron chi connectivity index (χ0n) is 21.3. The van der Waals surface area contributed by atoms with E-state index in [2.05, 4.69) is 17.6 Å². The molecule has 1 unspecified atom stereocenters. The summed E-state index contributed by atoms with van der Waals surface area (Å²) in [6.07, 6.45) is 21.4. The Hall–Kier alpha value is -1.10. The lowest BCUT2D eigenvalue weighted by atomic mass is 9.91. The van der Waals surface area contributed by atoms with Gasteiger partial charge in [0, 0.05) is 24.5 Å². The molecule has 2 aliphatic rings. The SMILES string of the molecule is C1CCC(NC2CCCCC2)CC1.CCCCCCCC(=O)NC(CC(=O)O)CC(C)C. The lowest BCUT2D eigenvalue weighted by molar-refractivity contribution is -0.137. The molecule has 0 saturated heterocycles. The van der Waals surface area contributed by atoms with Crippen LogP contribution in [-0.4, -0.2) is 35.1 Å². The minimum Gasteiger partial charge on any atom is -0.481 e. The van der Waals surface area contributed by atoms with E-state index in [0.29, 0.717) is 18.8 Å². The van der Waals surface area contributed by atoms with Crippen LogP contribution in [0.1, 0.15) is 136 Å². The van der Waals surface area contributed by atoms with E-state index in [-0.39, 0.29) is 18.4 Å². The van der Waals surface area contributed by atoms with Gasteiger partial charge < -0.3 is 15.7 Å². The maximum atomic E-state index is 11.7. The van der Waals surface area contributed by atoms with Crippen LogP contribution in [0.2, 0.25) is 0 Å². The van der Waals surface area contributed by atoms with Crippen molar-refractivity contribution in [1.29, 1.82) is 0 Å². The summed E-state index contributed by atoms with van der Waals surface area (Å²) in [5.74, 6) is -0.480. The zero-order chi connectivity index (χ0) is 23.6. The molecule has 1 amide bonds. The number of unbranched alkanes of at least 4 members (excludes halogenated alkanes) is 4. The van der Waals surface area contributed by atoms with Gasteiger partial charge in [-0.3, -0.25) is 9.59 Å². The Morgan fingerprint density at radius 3 is 1.84 bits per heavy atom. The molecule has 0 aromatic heterocycles. The van der Waals surface area contributed by atoms with Crippen LogP contribution in [0, 0.1) is 5.92 Å². The van der Waals surface area contributed by atoms with Crippen molar-refractivity contribution >= 4 is 11.9 Å². The summed E-state index contributed by atoms with van der Waals surface area (Å²) in [7, 11) is 0. The maximum Gasteiger partial charge on any atom is 0.305 e. The van der Waals surface area contributed by atoms with E-state index in [1.54, 1.807) is 0 Å². The van der Waals surface area contributed by atoms with Crippen LogP contribution in [0.3, 0.4) is 0 Å². The Labute approximate surface area is 197 Å². The number of hydrogen-bond acceptors (Lipinski definition) is 3. The molecule has 2 saturated carbocycles. The topological polar surface area (TPSA) is 78.4 Å². The Morgan fingerprint density at radius 1 is 0.844 bits per heavy atom. The Morgan fingerprint density at radius 2 is 1.38 bits per heavy atom. The minimum absolute atomic E-state index is 0.0107. The van der Waals surface area contributed by atoms with Gasteiger partial charge in [-0.1, -0.05) is 85.0 Å². The van der Waals surface area contributed by atoms with Crippen molar-refractivity contribution in [3.63, 3.8) is 0 Å². The number of aliphatic carboxylic acids is 1. The van der Waals surface area contributed by atoms with Crippen molar-refractivity contribution in [1.82, 2.24) is 10.6 Å². The second-order valence-corrected chi connectivity index (χ2v) is 10.5. The van der Waals surface area contributed by atoms with E-state index in [1.165, 1.54) is 83.5 Å². The Bertz CT molecular complexity index is 467. The molecular weight excluding hydrogens is 400 g/mol. The van der Waals surface area contributed by atoms with E-state index in [4.69, 9.17) is 5.11 Å². The quantitative estimate of drug-likeness (QED) is 0.275. The molecule has 0 bridgehead atoms. The van der Waals surface area contributed by atoms with Gasteiger partial charge in [-0.05, 0) is 44.4 Å². The maximum absolute atomic E-state index is 11.7. The largest absolute Gasteiger partial charge is 0.481 e. The predicted octanol–water partition coefficient (Wildman–Crippen LogP) is 6.59. The second kappa shape index (κ2) is 18.3. The average Bonchev–Trinajstić information content (AvgIpc) is 2.74. The highest BCUT2D eigenvalue weighted by Crippen LogP contribution is 2.22. The summed E-state index contributed by atoms with van der Waals surface area (Å²) in [5, 5.41) is 15.5. The average molecular weight is 453 g/mol. The van der Waals surface area contributed by atoms with Gasteiger partial charge in [0.05, 0.1) is 6.42 Å². The first kappa shape index (κ1) is 28.9. The van der Waals surface area contributed by atoms with Crippen molar-refractivity contribution in [3.8, 4) is 0 Å². The van der Waals surface area contributed by atoms with Crippen molar-refractivity contribution in [3.05, 3.63) is 0 Å². The molecule has 0 heterocycles. The van der Waals surface area contributed by atoms with Crippen LogP contribution >= 0.6 is 0 Å². The van der Waals surface area contributed by atoms with Crippen LogP contribution in [0.25, 0.3) is 0 Å². The summed E-state index contributed by atoms with van der Waals surface area (Å²) < 4.78 is 0. The molecular formula is C27H52N2O3. The summed E-state index contributed by atoms with van der Waals surface area (Å²) >= 11 is 0. The third-order valence-electron chi connectivity index (χ3n) is 6.73. The van der Waals surface area contributed by atoms with Crippen molar-refractivity contribution in [2.24, 2.45) is 5.92 Å². The molecule has 2 fully saturated rings. The minimum atomic E-state index is -0.853. The summed E-state index contributed by atoms with van der Waals surface area (Å²) in [5.41, 5.74) is 0. The summed E-state index contributed by atoms with van der Waals surface area (Å²) in [6.45, 7) is 6.23. The van der Waals surface area contributed by atoms with Crippen molar-refractivity contribution in [2.45, 2.75) is 154 Å². The van der Waals surface area contributed by atoms with Crippen LogP contribution in [0.15, 0.2) is 0 Å². The van der Waals surface area contributed by atoms with Crippen molar-refractivity contribution in [2.75, 3.05) is 0 Å². The highest BCUT2D eigenvalue weighted by molar-refractivity contribution is 5.77. The number of hydrogen-bond donors (Lipinski definition) is 3. The lowest BCUT2D eigenvalue weighted by Crippen LogP contribution is -2.40. The van der Waals surface area contributed by atoms with Gasteiger partial charge in [0.2, 0.25) is 5.91 Å². The zero-order valence-corrected chi connectivity index (χ0v) is 21.3. The predicted molar refractivity (Wildman–Crippen MR) is 134 cm³/mol. The lowest BCUT2D eigenvalue weighted by Gasteiger charge is -2.30. The summed E-state index contributed by atoms with van der Waals surface area (Å²) in [4.78, 5) is 22.5. The molecule has 0 aliphatic heterocycles.